The van der Waals surface area contributed by atoms with E-state index in [9.17, 15) is 9.59 Å². The largest absolute Gasteiger partial charge is 0.332 e. The lowest BCUT2D eigenvalue weighted by Gasteiger charge is -2.19. The van der Waals surface area contributed by atoms with Crippen molar-refractivity contribution in [2.24, 2.45) is 0 Å². The highest BCUT2D eigenvalue weighted by Crippen LogP contribution is 2.21. The van der Waals surface area contributed by atoms with Crippen molar-refractivity contribution in [2.45, 2.75) is 27.7 Å². The van der Waals surface area contributed by atoms with E-state index in [-0.39, 0.29) is 18.4 Å². The minimum Gasteiger partial charge on any atom is -0.332 e. The summed E-state index contributed by atoms with van der Waals surface area (Å²) in [4.78, 5) is 26.2. The first-order valence-electron chi connectivity index (χ1n) is 7.98. The van der Waals surface area contributed by atoms with Gasteiger partial charge in [-0.05, 0) is 50.5 Å². The molecule has 2 aromatic carbocycles. The van der Waals surface area contributed by atoms with E-state index in [1.54, 1.807) is 13.1 Å². The number of carbonyl (C=O) groups is 2. The molecule has 4 nitrogen and oxygen atoms in total. The third-order valence-corrected chi connectivity index (χ3v) is 4.04. The van der Waals surface area contributed by atoms with Gasteiger partial charge in [0.15, 0.2) is 0 Å². The van der Waals surface area contributed by atoms with E-state index in [0.29, 0.717) is 5.56 Å². The smallest absolute Gasteiger partial charge is 0.254 e. The Morgan fingerprint density at radius 1 is 0.958 bits per heavy atom. The minimum absolute atomic E-state index is 0.0138. The van der Waals surface area contributed by atoms with E-state index in [2.05, 4.69) is 5.32 Å². The van der Waals surface area contributed by atoms with Gasteiger partial charge in [-0.3, -0.25) is 9.59 Å². The topological polar surface area (TPSA) is 49.4 Å². The Bertz CT molecular complexity index is 758. The summed E-state index contributed by atoms with van der Waals surface area (Å²) >= 11 is 0. The van der Waals surface area contributed by atoms with Gasteiger partial charge in [0, 0.05) is 18.3 Å². The van der Waals surface area contributed by atoms with Gasteiger partial charge in [-0.15, -0.1) is 0 Å². The first-order valence-corrected chi connectivity index (χ1v) is 7.98. The van der Waals surface area contributed by atoms with Crippen LogP contribution in [0.15, 0.2) is 36.4 Å². The van der Waals surface area contributed by atoms with Gasteiger partial charge in [0.2, 0.25) is 5.91 Å². The lowest BCUT2D eigenvalue weighted by atomic mass is 10.1. The second-order valence-corrected chi connectivity index (χ2v) is 6.30. The molecule has 0 bridgehead atoms. The zero-order valence-electron chi connectivity index (χ0n) is 14.9. The fourth-order valence-electron chi connectivity index (χ4n) is 2.86. The summed E-state index contributed by atoms with van der Waals surface area (Å²) in [5, 5.41) is 2.92. The zero-order chi connectivity index (χ0) is 17.9. The molecule has 1 N–H and O–H groups in total. The van der Waals surface area contributed by atoms with E-state index in [1.807, 2.05) is 58.0 Å². The maximum absolute atomic E-state index is 12.5. The predicted octanol–water partition coefficient (Wildman–Crippen LogP) is 3.63. The van der Waals surface area contributed by atoms with Crippen LogP contribution in [-0.2, 0) is 4.79 Å². The van der Waals surface area contributed by atoms with Gasteiger partial charge in [0.05, 0.1) is 6.54 Å². The first-order chi connectivity index (χ1) is 11.3. The molecule has 0 unspecified atom stereocenters. The third kappa shape index (κ3) is 4.02. The van der Waals surface area contributed by atoms with Gasteiger partial charge in [-0.2, -0.15) is 0 Å². The summed E-state index contributed by atoms with van der Waals surface area (Å²) in [5.41, 5.74) is 5.55. The molecule has 2 rings (SSSR count). The Balaban J connectivity index is 2.07. The van der Waals surface area contributed by atoms with Gasteiger partial charge >= 0.3 is 0 Å². The van der Waals surface area contributed by atoms with E-state index in [1.165, 1.54) is 4.90 Å². The third-order valence-electron chi connectivity index (χ3n) is 4.04. The Morgan fingerprint density at radius 2 is 1.54 bits per heavy atom. The second-order valence-electron chi connectivity index (χ2n) is 6.30. The average molecular weight is 324 g/mol. The monoisotopic (exact) mass is 324 g/mol. The quantitative estimate of drug-likeness (QED) is 0.933. The molecule has 0 heterocycles. The van der Waals surface area contributed by atoms with Crippen LogP contribution < -0.4 is 5.32 Å². The summed E-state index contributed by atoms with van der Waals surface area (Å²) in [6, 6.07) is 11.4. The van der Waals surface area contributed by atoms with Gasteiger partial charge in [0.1, 0.15) is 0 Å². The Hall–Kier alpha value is -2.62. The molecule has 126 valence electrons. The predicted molar refractivity (Wildman–Crippen MR) is 97.4 cm³/mol. The number of nitrogens with zero attached hydrogens (tertiary/aromatic N) is 1. The van der Waals surface area contributed by atoms with Crippen LogP contribution in [0.1, 0.15) is 32.6 Å². The van der Waals surface area contributed by atoms with Gasteiger partial charge in [-0.25, -0.2) is 0 Å². The number of hydrogen-bond donors (Lipinski definition) is 1. The van der Waals surface area contributed by atoms with Crippen LogP contribution in [-0.4, -0.2) is 30.3 Å². The molecule has 0 aromatic heterocycles. The van der Waals surface area contributed by atoms with Crippen LogP contribution >= 0.6 is 0 Å². The number of nitrogens with one attached hydrogen (secondary N) is 1. The van der Waals surface area contributed by atoms with Crippen LogP contribution in [0.3, 0.4) is 0 Å². The molecular weight excluding hydrogens is 300 g/mol. The number of benzene rings is 2. The molecule has 0 radical (unpaired) electrons. The Kier molecular flexibility index (Phi) is 5.39. The molecule has 0 saturated carbocycles. The van der Waals surface area contributed by atoms with Crippen molar-refractivity contribution in [3.63, 3.8) is 0 Å². The number of likely N-dealkylation sites (N-methyl/N-ethyl adjacent to an activating group) is 1. The van der Waals surface area contributed by atoms with Crippen molar-refractivity contribution in [3.8, 4) is 0 Å². The summed E-state index contributed by atoms with van der Waals surface area (Å²) in [7, 11) is 1.64. The van der Waals surface area contributed by atoms with Crippen LogP contribution in [0.5, 0.6) is 0 Å². The maximum Gasteiger partial charge on any atom is 0.254 e. The molecule has 0 aliphatic rings. The number of hydrogen-bond acceptors (Lipinski definition) is 2. The van der Waals surface area contributed by atoms with Gasteiger partial charge < -0.3 is 10.2 Å². The fourth-order valence-corrected chi connectivity index (χ4v) is 2.86. The molecule has 0 aliphatic heterocycles. The molecule has 4 heteroatoms. The summed E-state index contributed by atoms with van der Waals surface area (Å²) in [6.45, 7) is 7.87. The normalized spacial score (nSPS) is 10.4. The first kappa shape index (κ1) is 17.7. The Labute approximate surface area is 143 Å². The minimum atomic E-state index is -0.200. The van der Waals surface area contributed by atoms with E-state index >= 15 is 0 Å². The van der Waals surface area contributed by atoms with E-state index < -0.39 is 0 Å². The Morgan fingerprint density at radius 3 is 2.12 bits per heavy atom. The molecule has 2 amide bonds. The number of aryl methyl sites for hydroxylation is 4. The molecule has 2 aromatic rings. The van der Waals surface area contributed by atoms with Crippen molar-refractivity contribution in [3.05, 3.63) is 64.2 Å². The summed E-state index contributed by atoms with van der Waals surface area (Å²) in [6.07, 6.45) is 0. The number of anilines is 1. The van der Waals surface area contributed by atoms with Crippen LogP contribution in [0.2, 0.25) is 0 Å². The highest BCUT2D eigenvalue weighted by Gasteiger charge is 2.17. The van der Waals surface area contributed by atoms with Crippen molar-refractivity contribution >= 4 is 17.5 Å². The number of carbonyl (C=O) groups excluding carboxylic acids is 2. The lowest BCUT2D eigenvalue weighted by Crippen LogP contribution is -2.35. The molecule has 0 spiro atoms. The van der Waals surface area contributed by atoms with Crippen molar-refractivity contribution < 1.29 is 9.59 Å². The van der Waals surface area contributed by atoms with Crippen molar-refractivity contribution in [2.75, 3.05) is 18.9 Å². The van der Waals surface area contributed by atoms with Gasteiger partial charge in [-0.1, -0.05) is 35.9 Å². The molecular formula is C20H24N2O2. The molecule has 0 atom stereocenters. The summed E-state index contributed by atoms with van der Waals surface area (Å²) in [5.74, 6) is -0.352. The zero-order valence-corrected chi connectivity index (χ0v) is 14.9. The van der Waals surface area contributed by atoms with Crippen LogP contribution in [0, 0.1) is 27.7 Å². The van der Waals surface area contributed by atoms with Gasteiger partial charge in [0.25, 0.3) is 5.91 Å². The number of rotatable bonds is 4. The maximum atomic E-state index is 12.5. The summed E-state index contributed by atoms with van der Waals surface area (Å²) < 4.78 is 0. The molecule has 0 saturated heterocycles. The van der Waals surface area contributed by atoms with Crippen LogP contribution in [0.4, 0.5) is 5.69 Å². The molecule has 0 fully saturated rings. The van der Waals surface area contributed by atoms with Crippen LogP contribution in [0.25, 0.3) is 0 Å². The molecule has 24 heavy (non-hydrogen) atoms. The molecule has 0 aliphatic carbocycles. The lowest BCUT2D eigenvalue weighted by molar-refractivity contribution is -0.116. The SMILES string of the molecule is Cc1cc(C)c(NC(=O)CN(C)C(=O)c2ccccc2C)c(C)c1. The van der Waals surface area contributed by atoms with E-state index in [0.717, 1.165) is 27.9 Å². The van der Waals surface area contributed by atoms with Crippen molar-refractivity contribution in [1.82, 2.24) is 4.90 Å². The standard InChI is InChI=1S/C20H24N2O2/c1-13-10-15(3)19(16(4)11-13)21-18(23)12-22(5)20(24)17-9-7-6-8-14(17)2/h6-11H,12H2,1-5H3,(H,21,23). The number of amides is 2. The second kappa shape index (κ2) is 7.30. The van der Waals surface area contributed by atoms with E-state index in [4.69, 9.17) is 0 Å². The highest BCUT2D eigenvalue weighted by molar-refractivity contribution is 6.00. The fraction of sp³-hybridized carbons (Fsp3) is 0.300. The van der Waals surface area contributed by atoms with Crippen molar-refractivity contribution in [1.29, 1.82) is 0 Å². The average Bonchev–Trinajstić information content (AvgIpc) is 2.50. The highest BCUT2D eigenvalue weighted by atomic mass is 16.2.